The maximum absolute atomic E-state index is 11.8. The maximum atomic E-state index is 11.8. The fraction of sp³-hybridized carbons (Fsp3) is 0.267. The minimum absolute atomic E-state index is 0.242. The number of amides is 1. The van der Waals surface area contributed by atoms with Crippen molar-refractivity contribution in [1.29, 1.82) is 0 Å². The molecule has 0 saturated heterocycles. The highest BCUT2D eigenvalue weighted by atomic mass is 16.7. The van der Waals surface area contributed by atoms with E-state index in [1.807, 2.05) is 30.3 Å². The van der Waals surface area contributed by atoms with E-state index in [0.29, 0.717) is 12.2 Å². The molecule has 0 radical (unpaired) electrons. The first-order chi connectivity index (χ1) is 8.65. The van der Waals surface area contributed by atoms with E-state index in [0.717, 1.165) is 5.56 Å². The number of nitrogens with zero attached hydrogens (tertiary/aromatic N) is 1. The Labute approximate surface area is 108 Å². The second-order valence-electron chi connectivity index (χ2n) is 3.81. The lowest BCUT2D eigenvalue weighted by Gasteiger charge is -2.19. The van der Waals surface area contributed by atoms with Gasteiger partial charge in [0.05, 0.1) is 0 Å². The Hall–Kier alpha value is -2.05. The molecule has 18 heavy (non-hydrogen) atoms. The van der Waals surface area contributed by atoms with Gasteiger partial charge in [0, 0.05) is 5.57 Å². The second kappa shape index (κ2) is 7.31. The van der Waals surface area contributed by atoms with E-state index in [4.69, 9.17) is 4.84 Å². The summed E-state index contributed by atoms with van der Waals surface area (Å²) in [6, 6.07) is 9.66. The summed E-state index contributed by atoms with van der Waals surface area (Å²) in [5.41, 5.74) is 1.43. The van der Waals surface area contributed by atoms with Crippen LogP contribution in [0.15, 0.2) is 42.5 Å². The van der Waals surface area contributed by atoms with Crippen LogP contribution in [0.25, 0.3) is 0 Å². The average Bonchev–Trinajstić information content (AvgIpc) is 2.39. The summed E-state index contributed by atoms with van der Waals surface area (Å²) >= 11 is 0. The molecule has 1 rings (SSSR count). The first-order valence-corrected chi connectivity index (χ1v) is 5.69. The zero-order chi connectivity index (χ0) is 13.4. The van der Waals surface area contributed by atoms with E-state index >= 15 is 0 Å². The van der Waals surface area contributed by atoms with Crippen molar-refractivity contribution in [2.75, 3.05) is 6.54 Å². The summed E-state index contributed by atoms with van der Waals surface area (Å²) < 4.78 is 0. The van der Waals surface area contributed by atoms with Crippen LogP contribution in [0.2, 0.25) is 0 Å². The van der Waals surface area contributed by atoms with Crippen molar-refractivity contribution in [2.45, 2.75) is 20.5 Å². The smallest absolute Gasteiger partial charge is 0.267 e. The summed E-state index contributed by atoms with van der Waals surface area (Å²) in [5.74, 6) is 5.30. The molecule has 0 atom stereocenters. The number of rotatable bonds is 5. The molecular weight excluding hydrogens is 226 g/mol. The molecule has 0 N–H and O–H groups in total. The van der Waals surface area contributed by atoms with Gasteiger partial charge in [-0.15, -0.1) is 5.92 Å². The molecule has 94 valence electrons. The molecule has 0 spiro atoms. The van der Waals surface area contributed by atoms with E-state index in [-0.39, 0.29) is 12.5 Å². The fourth-order valence-corrected chi connectivity index (χ4v) is 1.27. The highest BCUT2D eigenvalue weighted by Crippen LogP contribution is 2.05. The molecular formula is C15H17NO2. The predicted octanol–water partition coefficient (Wildman–Crippen LogP) is 2.55. The normalized spacial score (nSPS) is 9.22. The van der Waals surface area contributed by atoms with Gasteiger partial charge in [-0.25, -0.2) is 5.06 Å². The summed E-state index contributed by atoms with van der Waals surface area (Å²) in [4.78, 5) is 17.3. The summed E-state index contributed by atoms with van der Waals surface area (Å²) in [6.07, 6.45) is 0. The van der Waals surface area contributed by atoms with E-state index in [2.05, 4.69) is 18.4 Å². The van der Waals surface area contributed by atoms with Gasteiger partial charge < -0.3 is 0 Å². The molecule has 0 aliphatic rings. The maximum Gasteiger partial charge on any atom is 0.273 e. The van der Waals surface area contributed by atoms with Gasteiger partial charge in [-0.1, -0.05) is 42.8 Å². The third kappa shape index (κ3) is 4.44. The van der Waals surface area contributed by atoms with Crippen LogP contribution in [0, 0.1) is 11.8 Å². The van der Waals surface area contributed by atoms with Crippen LogP contribution >= 0.6 is 0 Å². The Bertz CT molecular complexity index is 468. The molecule has 1 aromatic rings. The Kier molecular flexibility index (Phi) is 5.69. The minimum Gasteiger partial charge on any atom is -0.267 e. The molecule has 1 aromatic carbocycles. The van der Waals surface area contributed by atoms with Crippen LogP contribution in [0.3, 0.4) is 0 Å². The van der Waals surface area contributed by atoms with Gasteiger partial charge >= 0.3 is 0 Å². The monoisotopic (exact) mass is 243 g/mol. The lowest BCUT2D eigenvalue weighted by molar-refractivity contribution is -0.182. The van der Waals surface area contributed by atoms with Crippen molar-refractivity contribution in [3.63, 3.8) is 0 Å². The van der Waals surface area contributed by atoms with Crippen LogP contribution in [-0.4, -0.2) is 17.5 Å². The SMILES string of the molecule is C=C(C)C(=O)N(CC#CC)OCc1ccccc1. The number of hydrogen-bond donors (Lipinski definition) is 0. The third-order valence-electron chi connectivity index (χ3n) is 2.22. The lowest BCUT2D eigenvalue weighted by Crippen LogP contribution is -2.31. The van der Waals surface area contributed by atoms with Gasteiger partial charge in [-0.3, -0.25) is 9.63 Å². The number of hydroxylamine groups is 2. The molecule has 0 aliphatic heterocycles. The van der Waals surface area contributed by atoms with Crippen molar-refractivity contribution >= 4 is 5.91 Å². The predicted molar refractivity (Wildman–Crippen MR) is 71.2 cm³/mol. The number of hydrogen-bond acceptors (Lipinski definition) is 2. The van der Waals surface area contributed by atoms with Gasteiger partial charge in [0.25, 0.3) is 5.91 Å². The van der Waals surface area contributed by atoms with Gasteiger partial charge in [-0.05, 0) is 19.4 Å². The average molecular weight is 243 g/mol. The topological polar surface area (TPSA) is 29.5 Å². The zero-order valence-corrected chi connectivity index (χ0v) is 10.8. The molecule has 1 amide bonds. The Balaban J connectivity index is 2.63. The van der Waals surface area contributed by atoms with Gasteiger partial charge in [0.1, 0.15) is 13.2 Å². The molecule has 0 heterocycles. The van der Waals surface area contributed by atoms with Crippen LogP contribution in [-0.2, 0) is 16.2 Å². The molecule has 0 bridgehead atoms. The lowest BCUT2D eigenvalue weighted by atomic mass is 10.2. The second-order valence-corrected chi connectivity index (χ2v) is 3.81. The van der Waals surface area contributed by atoms with Crippen molar-refractivity contribution in [3.05, 3.63) is 48.0 Å². The Morgan fingerprint density at radius 1 is 1.39 bits per heavy atom. The summed E-state index contributed by atoms with van der Waals surface area (Å²) in [7, 11) is 0. The number of benzene rings is 1. The quantitative estimate of drug-likeness (QED) is 0.452. The van der Waals surface area contributed by atoms with Crippen molar-refractivity contribution < 1.29 is 9.63 Å². The van der Waals surface area contributed by atoms with Gasteiger partial charge in [0.15, 0.2) is 0 Å². The van der Waals surface area contributed by atoms with Crippen molar-refractivity contribution in [3.8, 4) is 11.8 Å². The fourth-order valence-electron chi connectivity index (χ4n) is 1.27. The van der Waals surface area contributed by atoms with Gasteiger partial charge in [-0.2, -0.15) is 0 Å². The molecule has 0 aromatic heterocycles. The standard InChI is InChI=1S/C15H17NO2/c1-4-5-11-16(15(17)13(2)3)18-12-14-9-7-6-8-10-14/h6-10H,2,11-12H2,1,3H3. The molecule has 3 heteroatoms. The van der Waals surface area contributed by atoms with E-state index in [1.165, 1.54) is 5.06 Å². The highest BCUT2D eigenvalue weighted by molar-refractivity contribution is 5.91. The molecule has 0 saturated carbocycles. The number of carbonyl (C=O) groups excluding carboxylic acids is 1. The van der Waals surface area contributed by atoms with Crippen molar-refractivity contribution in [1.82, 2.24) is 5.06 Å². The van der Waals surface area contributed by atoms with E-state index in [1.54, 1.807) is 13.8 Å². The van der Waals surface area contributed by atoms with Crippen LogP contribution in [0.4, 0.5) is 0 Å². The zero-order valence-electron chi connectivity index (χ0n) is 10.8. The Morgan fingerprint density at radius 2 is 2.06 bits per heavy atom. The van der Waals surface area contributed by atoms with E-state index in [9.17, 15) is 4.79 Å². The molecule has 0 aliphatic carbocycles. The molecule has 0 fully saturated rings. The molecule has 3 nitrogen and oxygen atoms in total. The first kappa shape index (κ1) is 14.0. The van der Waals surface area contributed by atoms with Crippen LogP contribution in [0.5, 0.6) is 0 Å². The number of carbonyl (C=O) groups is 1. The largest absolute Gasteiger partial charge is 0.273 e. The van der Waals surface area contributed by atoms with Crippen molar-refractivity contribution in [2.24, 2.45) is 0 Å². The van der Waals surface area contributed by atoms with E-state index < -0.39 is 0 Å². The third-order valence-corrected chi connectivity index (χ3v) is 2.22. The Morgan fingerprint density at radius 3 is 2.61 bits per heavy atom. The molecule has 0 unspecified atom stereocenters. The first-order valence-electron chi connectivity index (χ1n) is 5.69. The highest BCUT2D eigenvalue weighted by Gasteiger charge is 2.13. The van der Waals surface area contributed by atoms with Crippen LogP contribution < -0.4 is 0 Å². The summed E-state index contributed by atoms with van der Waals surface area (Å²) in [5, 5.41) is 1.24. The minimum atomic E-state index is -0.242. The van der Waals surface area contributed by atoms with Crippen LogP contribution in [0.1, 0.15) is 19.4 Å². The van der Waals surface area contributed by atoms with Gasteiger partial charge in [0.2, 0.25) is 0 Å². The summed E-state index contributed by atoms with van der Waals surface area (Å²) in [6.45, 7) is 7.58.